The minimum absolute atomic E-state index is 0.0631. The quantitative estimate of drug-likeness (QED) is 0.693. The number of aromatic hydroxyl groups is 1. The van der Waals surface area contributed by atoms with Crippen LogP contribution in [0.15, 0.2) is 24.3 Å². The summed E-state index contributed by atoms with van der Waals surface area (Å²) in [5, 5.41) is 15.4. The molecule has 1 heterocycles. The normalized spacial score (nSPS) is 17.0. The second-order valence-electron chi connectivity index (χ2n) is 4.04. The first-order valence-corrected chi connectivity index (χ1v) is 5.56. The van der Waals surface area contributed by atoms with E-state index in [2.05, 4.69) is 10.6 Å². The molecule has 1 aliphatic rings. The minimum atomic E-state index is -0.0631. The molecule has 1 amide bonds. The van der Waals surface area contributed by atoms with Crippen molar-refractivity contribution in [3.05, 3.63) is 29.8 Å². The summed E-state index contributed by atoms with van der Waals surface area (Å²) >= 11 is 0. The smallest absolute Gasteiger partial charge is 0.251 e. The minimum Gasteiger partial charge on any atom is -0.508 e. The maximum absolute atomic E-state index is 11.8. The third kappa shape index (κ3) is 2.73. The zero-order chi connectivity index (χ0) is 11.4. The summed E-state index contributed by atoms with van der Waals surface area (Å²) in [5.74, 6) is 0.116. The molecule has 0 unspecified atom stereocenters. The summed E-state index contributed by atoms with van der Waals surface area (Å²) < 4.78 is 0. The highest BCUT2D eigenvalue weighted by Gasteiger charge is 2.15. The van der Waals surface area contributed by atoms with Crippen LogP contribution < -0.4 is 10.6 Å². The molecule has 0 bridgehead atoms. The molecule has 0 aromatic heterocycles. The molecule has 4 heteroatoms. The van der Waals surface area contributed by atoms with Gasteiger partial charge in [0.25, 0.3) is 5.91 Å². The fourth-order valence-electron chi connectivity index (χ4n) is 1.85. The van der Waals surface area contributed by atoms with Gasteiger partial charge in [-0.2, -0.15) is 0 Å². The predicted molar refractivity (Wildman–Crippen MR) is 61.5 cm³/mol. The van der Waals surface area contributed by atoms with Crippen LogP contribution in [0.2, 0.25) is 0 Å². The van der Waals surface area contributed by atoms with E-state index in [0.717, 1.165) is 25.9 Å². The molecule has 1 aromatic carbocycles. The summed E-state index contributed by atoms with van der Waals surface area (Å²) in [6.45, 7) is 1.92. The highest BCUT2D eigenvalue weighted by atomic mass is 16.3. The van der Waals surface area contributed by atoms with Crippen molar-refractivity contribution in [2.45, 2.75) is 18.9 Å². The van der Waals surface area contributed by atoms with E-state index in [1.54, 1.807) is 12.1 Å². The molecule has 1 fully saturated rings. The lowest BCUT2D eigenvalue weighted by atomic mass is 10.1. The van der Waals surface area contributed by atoms with E-state index in [-0.39, 0.29) is 17.7 Å². The molecule has 16 heavy (non-hydrogen) atoms. The third-order valence-electron chi connectivity index (χ3n) is 2.80. The monoisotopic (exact) mass is 220 g/mol. The van der Waals surface area contributed by atoms with Crippen LogP contribution in [-0.4, -0.2) is 30.1 Å². The van der Waals surface area contributed by atoms with Crippen molar-refractivity contribution >= 4 is 5.91 Å². The maximum atomic E-state index is 11.8. The van der Waals surface area contributed by atoms with Crippen molar-refractivity contribution in [3.8, 4) is 5.75 Å². The zero-order valence-electron chi connectivity index (χ0n) is 9.07. The molecule has 3 N–H and O–H groups in total. The second kappa shape index (κ2) is 4.99. The van der Waals surface area contributed by atoms with Gasteiger partial charge in [0.2, 0.25) is 0 Å². The summed E-state index contributed by atoms with van der Waals surface area (Å²) in [6, 6.07) is 6.58. The van der Waals surface area contributed by atoms with Gasteiger partial charge in [0.05, 0.1) is 0 Å². The average molecular weight is 220 g/mol. The van der Waals surface area contributed by atoms with Gasteiger partial charge in [-0.05, 0) is 50.2 Å². The lowest BCUT2D eigenvalue weighted by molar-refractivity contribution is 0.0929. The van der Waals surface area contributed by atoms with E-state index in [4.69, 9.17) is 5.11 Å². The molecule has 86 valence electrons. The predicted octanol–water partition coefficient (Wildman–Crippen LogP) is 0.874. The van der Waals surface area contributed by atoms with E-state index in [9.17, 15) is 4.79 Å². The first-order chi connectivity index (χ1) is 7.75. The molecule has 0 spiro atoms. The number of nitrogens with one attached hydrogen (secondary N) is 2. The Hall–Kier alpha value is -1.55. The standard InChI is InChI=1S/C12H16N2O2/c15-11-3-1-9(2-4-11)12(16)14-10-5-7-13-8-6-10/h1-4,10,13,15H,5-8H2,(H,14,16). The summed E-state index contributed by atoms with van der Waals surface area (Å²) in [5.41, 5.74) is 0.594. The third-order valence-corrected chi connectivity index (χ3v) is 2.80. The van der Waals surface area contributed by atoms with E-state index in [1.807, 2.05) is 0 Å². The molecule has 1 saturated heterocycles. The lowest BCUT2D eigenvalue weighted by Gasteiger charge is -2.23. The Morgan fingerprint density at radius 1 is 1.25 bits per heavy atom. The summed E-state index contributed by atoms with van der Waals surface area (Å²) in [4.78, 5) is 11.8. The summed E-state index contributed by atoms with van der Waals surface area (Å²) in [6.07, 6.45) is 1.95. The van der Waals surface area contributed by atoms with E-state index in [1.165, 1.54) is 12.1 Å². The van der Waals surface area contributed by atoms with Crippen LogP contribution in [0.1, 0.15) is 23.2 Å². The van der Waals surface area contributed by atoms with Gasteiger partial charge < -0.3 is 15.7 Å². The second-order valence-corrected chi connectivity index (χ2v) is 4.04. The van der Waals surface area contributed by atoms with Gasteiger partial charge in [-0.3, -0.25) is 4.79 Å². The number of benzene rings is 1. The van der Waals surface area contributed by atoms with Crippen molar-refractivity contribution in [2.24, 2.45) is 0 Å². The highest BCUT2D eigenvalue weighted by Crippen LogP contribution is 2.10. The highest BCUT2D eigenvalue weighted by molar-refractivity contribution is 5.94. The molecule has 1 aromatic rings. The van der Waals surface area contributed by atoms with Gasteiger partial charge >= 0.3 is 0 Å². The molecule has 4 nitrogen and oxygen atoms in total. The molecule has 1 aliphatic heterocycles. The Kier molecular flexibility index (Phi) is 3.41. The molecule has 0 saturated carbocycles. The molecule has 2 rings (SSSR count). The Balaban J connectivity index is 1.94. The Bertz CT molecular complexity index is 356. The van der Waals surface area contributed by atoms with Crippen LogP contribution in [-0.2, 0) is 0 Å². The van der Waals surface area contributed by atoms with Crippen molar-refractivity contribution < 1.29 is 9.90 Å². The number of phenols is 1. The Morgan fingerprint density at radius 2 is 1.88 bits per heavy atom. The molecule has 0 atom stereocenters. The maximum Gasteiger partial charge on any atom is 0.251 e. The van der Waals surface area contributed by atoms with Gasteiger partial charge in [0.15, 0.2) is 0 Å². The van der Waals surface area contributed by atoms with E-state index >= 15 is 0 Å². The molecular weight excluding hydrogens is 204 g/mol. The van der Waals surface area contributed by atoms with Crippen LogP contribution >= 0.6 is 0 Å². The topological polar surface area (TPSA) is 61.4 Å². The van der Waals surface area contributed by atoms with Crippen LogP contribution in [0.4, 0.5) is 0 Å². The zero-order valence-corrected chi connectivity index (χ0v) is 9.07. The lowest BCUT2D eigenvalue weighted by Crippen LogP contribution is -2.42. The van der Waals surface area contributed by atoms with Crippen molar-refractivity contribution in [3.63, 3.8) is 0 Å². The Labute approximate surface area is 94.7 Å². The van der Waals surface area contributed by atoms with Gasteiger partial charge in [0, 0.05) is 11.6 Å². The van der Waals surface area contributed by atoms with Gasteiger partial charge in [-0.25, -0.2) is 0 Å². The number of carbonyl (C=O) groups is 1. The van der Waals surface area contributed by atoms with Crippen molar-refractivity contribution in [2.75, 3.05) is 13.1 Å². The number of amides is 1. The van der Waals surface area contributed by atoms with Crippen LogP contribution in [0.25, 0.3) is 0 Å². The molecule has 0 radical (unpaired) electrons. The van der Waals surface area contributed by atoms with Crippen LogP contribution in [0.5, 0.6) is 5.75 Å². The van der Waals surface area contributed by atoms with Gasteiger partial charge in [-0.1, -0.05) is 0 Å². The van der Waals surface area contributed by atoms with Crippen molar-refractivity contribution in [1.82, 2.24) is 10.6 Å². The number of rotatable bonds is 2. The van der Waals surface area contributed by atoms with Crippen LogP contribution in [0.3, 0.4) is 0 Å². The van der Waals surface area contributed by atoms with Crippen molar-refractivity contribution in [1.29, 1.82) is 0 Å². The van der Waals surface area contributed by atoms with Crippen LogP contribution in [0, 0.1) is 0 Å². The molecular formula is C12H16N2O2. The first kappa shape index (κ1) is 11.0. The number of phenolic OH excluding ortho intramolecular Hbond substituents is 1. The fraction of sp³-hybridized carbons (Fsp3) is 0.417. The van der Waals surface area contributed by atoms with E-state index in [0.29, 0.717) is 5.56 Å². The first-order valence-electron chi connectivity index (χ1n) is 5.56. The fourth-order valence-corrected chi connectivity index (χ4v) is 1.85. The number of hydrogen-bond acceptors (Lipinski definition) is 3. The number of carbonyl (C=O) groups excluding carboxylic acids is 1. The van der Waals surface area contributed by atoms with Gasteiger partial charge in [-0.15, -0.1) is 0 Å². The number of piperidine rings is 1. The van der Waals surface area contributed by atoms with Gasteiger partial charge in [0.1, 0.15) is 5.75 Å². The molecule has 0 aliphatic carbocycles. The Morgan fingerprint density at radius 3 is 2.50 bits per heavy atom. The van der Waals surface area contributed by atoms with E-state index < -0.39 is 0 Å². The summed E-state index contributed by atoms with van der Waals surface area (Å²) in [7, 11) is 0. The SMILES string of the molecule is O=C(NC1CCNCC1)c1ccc(O)cc1. The average Bonchev–Trinajstić information content (AvgIpc) is 2.31. The number of hydrogen-bond donors (Lipinski definition) is 3. The largest absolute Gasteiger partial charge is 0.508 e.